The minimum absolute atomic E-state index is 0.0870. The Morgan fingerprint density at radius 2 is 1.74 bits per heavy atom. The van der Waals surface area contributed by atoms with Gasteiger partial charge in [-0.15, -0.1) is 0 Å². The third-order valence-electron chi connectivity index (χ3n) is 4.53. The van der Waals surface area contributed by atoms with Crippen LogP contribution in [-0.4, -0.2) is 15.0 Å². The van der Waals surface area contributed by atoms with Crippen molar-refractivity contribution in [3.8, 4) is 0 Å². The lowest BCUT2D eigenvalue weighted by atomic mass is 9.96. The Balaban J connectivity index is 1.78. The quantitative estimate of drug-likeness (QED) is 0.887. The van der Waals surface area contributed by atoms with E-state index < -0.39 is 10.0 Å². The van der Waals surface area contributed by atoms with Gasteiger partial charge in [0, 0.05) is 17.0 Å². The van der Waals surface area contributed by atoms with Crippen molar-refractivity contribution in [3.63, 3.8) is 0 Å². The molecule has 0 atom stereocenters. The van der Waals surface area contributed by atoms with Crippen LogP contribution in [0.5, 0.6) is 0 Å². The molecule has 1 saturated carbocycles. The van der Waals surface area contributed by atoms with Crippen molar-refractivity contribution in [2.45, 2.75) is 37.0 Å². The van der Waals surface area contributed by atoms with Gasteiger partial charge in [0.1, 0.15) is 0 Å². The molecular formula is C18H20ClNO2S. The molecule has 23 heavy (non-hydrogen) atoms. The van der Waals surface area contributed by atoms with Crippen LogP contribution in [0.15, 0.2) is 47.4 Å². The van der Waals surface area contributed by atoms with Gasteiger partial charge in [0.2, 0.25) is 10.0 Å². The number of hydrogen-bond acceptors (Lipinski definition) is 2. The van der Waals surface area contributed by atoms with Crippen LogP contribution in [-0.2, 0) is 15.4 Å². The average molecular weight is 350 g/mol. The van der Waals surface area contributed by atoms with Gasteiger partial charge in [0.15, 0.2) is 0 Å². The lowest BCUT2D eigenvalue weighted by Gasteiger charge is -2.17. The monoisotopic (exact) mass is 349 g/mol. The summed E-state index contributed by atoms with van der Waals surface area (Å²) in [6, 6.07) is 13.1. The summed E-state index contributed by atoms with van der Waals surface area (Å²) in [7, 11) is -3.49. The SMILES string of the molecule is Cc1ccc(S(=O)(=O)NCC2(c3ccc(Cl)cc3)CC2)c(C)c1. The van der Waals surface area contributed by atoms with Gasteiger partial charge in [-0.1, -0.05) is 41.4 Å². The lowest BCUT2D eigenvalue weighted by Crippen LogP contribution is -2.32. The maximum absolute atomic E-state index is 12.6. The molecule has 5 heteroatoms. The zero-order valence-electron chi connectivity index (χ0n) is 13.3. The third-order valence-corrected chi connectivity index (χ3v) is 6.34. The Morgan fingerprint density at radius 1 is 1.09 bits per heavy atom. The van der Waals surface area contributed by atoms with Crippen LogP contribution >= 0.6 is 11.6 Å². The van der Waals surface area contributed by atoms with Crippen LogP contribution < -0.4 is 4.72 Å². The van der Waals surface area contributed by atoms with Crippen LogP contribution in [0.2, 0.25) is 5.02 Å². The summed E-state index contributed by atoms with van der Waals surface area (Å²) in [4.78, 5) is 0.356. The molecule has 0 spiro atoms. The van der Waals surface area contributed by atoms with E-state index in [9.17, 15) is 8.42 Å². The second-order valence-electron chi connectivity index (χ2n) is 6.38. The Morgan fingerprint density at radius 3 is 2.30 bits per heavy atom. The van der Waals surface area contributed by atoms with Crippen LogP contribution in [0.3, 0.4) is 0 Å². The minimum Gasteiger partial charge on any atom is -0.210 e. The van der Waals surface area contributed by atoms with E-state index >= 15 is 0 Å². The molecule has 2 aromatic rings. The highest BCUT2D eigenvalue weighted by Crippen LogP contribution is 2.48. The molecule has 1 aliphatic carbocycles. The van der Waals surface area contributed by atoms with Crippen LogP contribution in [0.1, 0.15) is 29.5 Å². The molecule has 0 bridgehead atoms. The van der Waals surface area contributed by atoms with Gasteiger partial charge < -0.3 is 0 Å². The Kier molecular flexibility index (Phi) is 4.25. The molecule has 0 radical (unpaired) electrons. The second-order valence-corrected chi connectivity index (χ2v) is 8.55. The lowest BCUT2D eigenvalue weighted by molar-refractivity contribution is 0.566. The van der Waals surface area contributed by atoms with Gasteiger partial charge in [-0.05, 0) is 56.0 Å². The summed E-state index contributed by atoms with van der Waals surface area (Å²) in [5.74, 6) is 0. The van der Waals surface area contributed by atoms with Crippen molar-refractivity contribution in [1.29, 1.82) is 0 Å². The number of halogens is 1. The summed E-state index contributed by atoms with van der Waals surface area (Å²) in [5, 5.41) is 0.695. The molecule has 2 aromatic carbocycles. The first kappa shape index (κ1) is 16.5. The van der Waals surface area contributed by atoms with E-state index in [1.165, 1.54) is 0 Å². The van der Waals surface area contributed by atoms with Crippen molar-refractivity contribution in [3.05, 3.63) is 64.2 Å². The first-order valence-electron chi connectivity index (χ1n) is 7.65. The maximum Gasteiger partial charge on any atom is 0.240 e. The third kappa shape index (κ3) is 3.44. The van der Waals surface area contributed by atoms with Gasteiger partial charge in [-0.2, -0.15) is 0 Å². The van der Waals surface area contributed by atoms with E-state index in [1.807, 2.05) is 50.2 Å². The van der Waals surface area contributed by atoms with E-state index in [-0.39, 0.29) is 5.41 Å². The summed E-state index contributed by atoms with van der Waals surface area (Å²) in [5.41, 5.74) is 2.89. The molecule has 1 fully saturated rings. The maximum atomic E-state index is 12.6. The standard InChI is InChI=1S/C18H20ClNO2S/c1-13-3-8-17(14(2)11-13)23(21,22)20-12-18(9-10-18)15-4-6-16(19)7-5-15/h3-8,11,20H,9-10,12H2,1-2H3. The molecular weight excluding hydrogens is 330 g/mol. The first-order chi connectivity index (χ1) is 10.8. The van der Waals surface area contributed by atoms with E-state index in [0.29, 0.717) is 16.5 Å². The molecule has 0 heterocycles. The van der Waals surface area contributed by atoms with Crippen LogP contribution in [0.25, 0.3) is 0 Å². The fraction of sp³-hybridized carbons (Fsp3) is 0.333. The fourth-order valence-corrected chi connectivity index (χ4v) is 4.41. The number of benzene rings is 2. The van der Waals surface area contributed by atoms with Crippen molar-refractivity contribution in [2.75, 3.05) is 6.54 Å². The van der Waals surface area contributed by atoms with E-state index in [0.717, 1.165) is 29.5 Å². The number of sulfonamides is 1. The predicted molar refractivity (Wildman–Crippen MR) is 93.5 cm³/mol. The first-order valence-corrected chi connectivity index (χ1v) is 9.52. The zero-order valence-corrected chi connectivity index (χ0v) is 14.8. The smallest absolute Gasteiger partial charge is 0.210 e. The van der Waals surface area contributed by atoms with Gasteiger partial charge in [-0.25, -0.2) is 13.1 Å². The molecule has 0 unspecified atom stereocenters. The highest BCUT2D eigenvalue weighted by Gasteiger charge is 2.44. The highest BCUT2D eigenvalue weighted by atomic mass is 35.5. The van der Waals surface area contributed by atoms with Gasteiger partial charge in [0.05, 0.1) is 4.90 Å². The fourth-order valence-electron chi connectivity index (χ4n) is 2.93. The highest BCUT2D eigenvalue weighted by molar-refractivity contribution is 7.89. The van der Waals surface area contributed by atoms with E-state index in [4.69, 9.17) is 11.6 Å². The molecule has 0 aromatic heterocycles. The van der Waals surface area contributed by atoms with Gasteiger partial charge in [0.25, 0.3) is 0 Å². The Hall–Kier alpha value is -1.36. The zero-order chi connectivity index (χ0) is 16.7. The molecule has 1 aliphatic rings. The topological polar surface area (TPSA) is 46.2 Å². The number of aryl methyl sites for hydroxylation is 2. The Labute approximate surface area is 142 Å². The molecule has 3 nitrogen and oxygen atoms in total. The predicted octanol–water partition coefficient (Wildman–Crippen LogP) is 3.97. The molecule has 0 amide bonds. The second kappa shape index (κ2) is 5.93. The average Bonchev–Trinajstić information content (AvgIpc) is 3.27. The summed E-state index contributed by atoms with van der Waals surface area (Å²) < 4.78 is 28.0. The van der Waals surface area contributed by atoms with Gasteiger partial charge in [-0.3, -0.25) is 0 Å². The number of rotatable bonds is 5. The van der Waals surface area contributed by atoms with Crippen molar-refractivity contribution >= 4 is 21.6 Å². The molecule has 122 valence electrons. The molecule has 1 N–H and O–H groups in total. The number of nitrogens with one attached hydrogen (secondary N) is 1. The molecule has 3 rings (SSSR count). The van der Waals surface area contributed by atoms with E-state index in [2.05, 4.69) is 4.72 Å². The minimum atomic E-state index is -3.49. The van der Waals surface area contributed by atoms with Crippen molar-refractivity contribution in [1.82, 2.24) is 4.72 Å². The summed E-state index contributed by atoms with van der Waals surface area (Å²) >= 11 is 5.93. The summed E-state index contributed by atoms with van der Waals surface area (Å²) in [6.07, 6.45) is 1.98. The number of hydrogen-bond donors (Lipinski definition) is 1. The molecule has 0 aliphatic heterocycles. The Bertz CT molecular complexity index is 825. The normalized spacial score (nSPS) is 16.3. The molecule has 0 saturated heterocycles. The summed E-state index contributed by atoms with van der Waals surface area (Å²) in [6.45, 7) is 4.20. The van der Waals surface area contributed by atoms with Crippen molar-refractivity contribution in [2.24, 2.45) is 0 Å². The van der Waals surface area contributed by atoms with Gasteiger partial charge >= 0.3 is 0 Å². The van der Waals surface area contributed by atoms with E-state index in [1.54, 1.807) is 6.07 Å². The van der Waals surface area contributed by atoms with Crippen LogP contribution in [0, 0.1) is 13.8 Å². The largest absolute Gasteiger partial charge is 0.240 e. The van der Waals surface area contributed by atoms with Crippen LogP contribution in [0.4, 0.5) is 0 Å². The van der Waals surface area contributed by atoms with Crippen molar-refractivity contribution < 1.29 is 8.42 Å².